The Balaban J connectivity index is 2.10. The van der Waals surface area contributed by atoms with Crippen molar-refractivity contribution in [3.8, 4) is 0 Å². The summed E-state index contributed by atoms with van der Waals surface area (Å²) >= 11 is 11.1. The maximum absolute atomic E-state index is 10.7. The average molecular weight is 300 g/mol. The third-order valence-electron chi connectivity index (χ3n) is 2.87. The number of hydrazine groups is 1. The lowest BCUT2D eigenvalue weighted by molar-refractivity contribution is -0.137. The molecule has 1 aliphatic heterocycles. The molecule has 3 N–H and O–H groups in total. The molecule has 1 aromatic rings. The van der Waals surface area contributed by atoms with Crippen molar-refractivity contribution in [2.24, 2.45) is 0 Å². The average Bonchev–Trinajstić information content (AvgIpc) is 2.64. The Morgan fingerprint density at radius 1 is 1.47 bits per heavy atom. The Bertz CT molecular complexity index is 508. The van der Waals surface area contributed by atoms with E-state index in [1.165, 1.54) is 0 Å². The standard InChI is InChI=1S/C12H14ClN3O2S/c1-12(7-6-10(17)18)14-11(19)16(15-12)9-4-2-8(13)3-5-9/h2-5,15H,6-7H2,1H3,(H,14,19)(H,17,18)/t12-/m0/s1. The van der Waals surface area contributed by atoms with Gasteiger partial charge in [0.15, 0.2) is 5.11 Å². The van der Waals surface area contributed by atoms with Gasteiger partial charge in [0.1, 0.15) is 5.66 Å². The number of rotatable bonds is 4. The second-order valence-corrected chi connectivity index (χ2v) is 5.40. The van der Waals surface area contributed by atoms with Crippen LogP contribution < -0.4 is 15.8 Å². The summed E-state index contributed by atoms with van der Waals surface area (Å²) in [6.45, 7) is 1.87. The van der Waals surface area contributed by atoms with Crippen molar-refractivity contribution in [2.45, 2.75) is 25.4 Å². The van der Waals surface area contributed by atoms with E-state index in [-0.39, 0.29) is 6.42 Å². The van der Waals surface area contributed by atoms with Crippen LogP contribution in [0.3, 0.4) is 0 Å². The maximum atomic E-state index is 10.7. The van der Waals surface area contributed by atoms with Gasteiger partial charge in [0, 0.05) is 11.4 Å². The van der Waals surface area contributed by atoms with E-state index in [9.17, 15) is 4.79 Å². The van der Waals surface area contributed by atoms with E-state index in [2.05, 4.69) is 10.7 Å². The lowest BCUT2D eigenvalue weighted by atomic mass is 10.1. The molecule has 1 saturated heterocycles. The minimum Gasteiger partial charge on any atom is -0.481 e. The van der Waals surface area contributed by atoms with Crippen LogP contribution in [0.1, 0.15) is 19.8 Å². The van der Waals surface area contributed by atoms with E-state index >= 15 is 0 Å². The number of hydrogen-bond acceptors (Lipinski definition) is 3. The van der Waals surface area contributed by atoms with E-state index < -0.39 is 11.6 Å². The molecule has 1 fully saturated rings. The SMILES string of the molecule is C[C@]1(CCC(=O)O)NC(=S)N(c2ccc(Cl)cc2)N1. The second kappa shape index (κ2) is 5.32. The Morgan fingerprint density at radius 3 is 2.68 bits per heavy atom. The Morgan fingerprint density at radius 2 is 2.11 bits per heavy atom. The Labute approximate surface area is 121 Å². The highest BCUT2D eigenvalue weighted by atomic mass is 35.5. The molecule has 0 aromatic heterocycles. The van der Waals surface area contributed by atoms with Gasteiger partial charge in [-0.25, -0.2) is 5.43 Å². The molecule has 0 amide bonds. The molecule has 0 aliphatic carbocycles. The topological polar surface area (TPSA) is 64.6 Å². The monoisotopic (exact) mass is 299 g/mol. The number of nitrogens with zero attached hydrogens (tertiary/aromatic N) is 1. The summed E-state index contributed by atoms with van der Waals surface area (Å²) in [5, 5.41) is 14.7. The zero-order valence-corrected chi connectivity index (χ0v) is 11.9. The zero-order valence-electron chi connectivity index (χ0n) is 10.3. The van der Waals surface area contributed by atoms with Gasteiger partial charge in [-0.15, -0.1) is 0 Å². The van der Waals surface area contributed by atoms with Gasteiger partial charge in [0.25, 0.3) is 0 Å². The second-order valence-electron chi connectivity index (χ2n) is 4.58. The predicted octanol–water partition coefficient (Wildman–Crippen LogP) is 2.12. The van der Waals surface area contributed by atoms with Crippen LogP contribution in [0.15, 0.2) is 24.3 Å². The summed E-state index contributed by atoms with van der Waals surface area (Å²) < 4.78 is 0. The first-order valence-electron chi connectivity index (χ1n) is 5.77. The normalized spacial score (nSPS) is 22.4. The molecule has 19 heavy (non-hydrogen) atoms. The number of carboxylic acid groups (broad SMARTS) is 1. The van der Waals surface area contributed by atoms with Gasteiger partial charge in [0.05, 0.1) is 5.69 Å². The number of anilines is 1. The summed E-state index contributed by atoms with van der Waals surface area (Å²) in [7, 11) is 0. The molecule has 1 heterocycles. The van der Waals surface area contributed by atoms with Crippen LogP contribution in [-0.2, 0) is 4.79 Å². The van der Waals surface area contributed by atoms with E-state index in [4.69, 9.17) is 28.9 Å². The van der Waals surface area contributed by atoms with Crippen molar-refractivity contribution < 1.29 is 9.90 Å². The van der Waals surface area contributed by atoms with Gasteiger partial charge in [0.2, 0.25) is 0 Å². The number of carbonyl (C=O) groups is 1. The van der Waals surface area contributed by atoms with Crippen LogP contribution in [0.25, 0.3) is 0 Å². The first-order valence-corrected chi connectivity index (χ1v) is 6.56. The number of nitrogens with one attached hydrogen (secondary N) is 2. The smallest absolute Gasteiger partial charge is 0.303 e. The molecule has 2 rings (SSSR count). The molecule has 5 nitrogen and oxygen atoms in total. The fourth-order valence-electron chi connectivity index (χ4n) is 1.86. The maximum Gasteiger partial charge on any atom is 0.303 e. The molecule has 0 spiro atoms. The number of halogens is 1. The molecule has 7 heteroatoms. The van der Waals surface area contributed by atoms with Crippen LogP contribution in [0.4, 0.5) is 5.69 Å². The first-order chi connectivity index (χ1) is 8.89. The summed E-state index contributed by atoms with van der Waals surface area (Å²) in [5.74, 6) is -0.833. The van der Waals surface area contributed by atoms with E-state index in [0.29, 0.717) is 16.6 Å². The Kier molecular flexibility index (Phi) is 3.93. The van der Waals surface area contributed by atoms with Gasteiger partial charge in [-0.1, -0.05) is 11.6 Å². The molecule has 0 saturated carbocycles. The van der Waals surface area contributed by atoms with E-state index in [1.54, 1.807) is 17.1 Å². The Hall–Kier alpha value is -1.37. The van der Waals surface area contributed by atoms with E-state index in [1.807, 2.05) is 19.1 Å². The first kappa shape index (κ1) is 14.0. The molecular weight excluding hydrogens is 286 g/mol. The molecule has 0 bridgehead atoms. The lowest BCUT2D eigenvalue weighted by Crippen LogP contribution is -2.48. The number of aliphatic carboxylic acids is 1. The van der Waals surface area contributed by atoms with Crippen molar-refractivity contribution >= 4 is 40.6 Å². The molecule has 0 radical (unpaired) electrons. The van der Waals surface area contributed by atoms with Crippen molar-refractivity contribution in [1.82, 2.24) is 10.7 Å². The largest absolute Gasteiger partial charge is 0.481 e. The van der Waals surface area contributed by atoms with Gasteiger partial charge in [-0.2, -0.15) is 0 Å². The quantitative estimate of drug-likeness (QED) is 0.740. The van der Waals surface area contributed by atoms with Crippen LogP contribution in [0, 0.1) is 0 Å². The van der Waals surface area contributed by atoms with Crippen LogP contribution >= 0.6 is 23.8 Å². The van der Waals surface area contributed by atoms with Crippen LogP contribution in [0.5, 0.6) is 0 Å². The lowest BCUT2D eigenvalue weighted by Gasteiger charge is -2.24. The van der Waals surface area contributed by atoms with Gasteiger partial charge in [-0.05, 0) is 49.8 Å². The van der Waals surface area contributed by atoms with Crippen LogP contribution in [0.2, 0.25) is 5.02 Å². The van der Waals surface area contributed by atoms with Crippen molar-refractivity contribution in [3.63, 3.8) is 0 Å². The number of carboxylic acids is 1. The molecule has 0 unspecified atom stereocenters. The van der Waals surface area contributed by atoms with E-state index in [0.717, 1.165) is 5.69 Å². The summed E-state index contributed by atoms with van der Waals surface area (Å²) in [4.78, 5) is 10.7. The van der Waals surface area contributed by atoms with Crippen molar-refractivity contribution in [2.75, 3.05) is 5.01 Å². The molecule has 1 aliphatic rings. The fraction of sp³-hybridized carbons (Fsp3) is 0.333. The predicted molar refractivity (Wildman–Crippen MR) is 78.1 cm³/mol. The number of benzene rings is 1. The minimum absolute atomic E-state index is 0.0631. The van der Waals surface area contributed by atoms with Crippen molar-refractivity contribution in [1.29, 1.82) is 0 Å². The highest BCUT2D eigenvalue weighted by molar-refractivity contribution is 7.80. The molecule has 1 atom stereocenters. The highest BCUT2D eigenvalue weighted by Gasteiger charge is 2.36. The van der Waals surface area contributed by atoms with Crippen LogP contribution in [-0.4, -0.2) is 21.9 Å². The summed E-state index contributed by atoms with van der Waals surface area (Å²) in [6, 6.07) is 7.22. The number of hydrogen-bond donors (Lipinski definition) is 3. The minimum atomic E-state index is -0.833. The number of thiocarbonyl (C=S) groups is 1. The molecular formula is C12H14ClN3O2S. The highest BCUT2D eigenvalue weighted by Crippen LogP contribution is 2.23. The van der Waals surface area contributed by atoms with Crippen molar-refractivity contribution in [3.05, 3.63) is 29.3 Å². The summed E-state index contributed by atoms with van der Waals surface area (Å²) in [5.41, 5.74) is 3.47. The fourth-order valence-corrected chi connectivity index (χ4v) is 2.37. The third-order valence-corrected chi connectivity index (χ3v) is 3.40. The van der Waals surface area contributed by atoms with Gasteiger partial charge in [-0.3, -0.25) is 9.80 Å². The molecule has 102 valence electrons. The summed E-state index contributed by atoms with van der Waals surface area (Å²) in [6.07, 6.45) is 0.486. The van der Waals surface area contributed by atoms with Gasteiger partial charge < -0.3 is 10.4 Å². The zero-order chi connectivity index (χ0) is 14.0. The molecule has 1 aromatic carbocycles. The third kappa shape index (κ3) is 3.34. The van der Waals surface area contributed by atoms with Gasteiger partial charge >= 0.3 is 5.97 Å².